The largest absolute Gasteiger partial charge is 0.508 e. The number of aromatic nitrogens is 2. The average molecular weight is 548 g/mol. The van der Waals surface area contributed by atoms with Crippen molar-refractivity contribution in [1.29, 1.82) is 0 Å². The minimum atomic E-state index is -0.553. The molecule has 2 aromatic heterocycles. The number of piperazine rings is 1. The van der Waals surface area contributed by atoms with Crippen molar-refractivity contribution in [3.05, 3.63) is 53.3 Å². The Balaban J connectivity index is 1.40. The number of anilines is 1. The zero-order valence-corrected chi connectivity index (χ0v) is 22.5. The Morgan fingerprint density at radius 3 is 2.62 bits per heavy atom. The number of benzene rings is 2. The summed E-state index contributed by atoms with van der Waals surface area (Å²) in [7, 11) is 0. The van der Waals surface area contributed by atoms with E-state index in [1.54, 1.807) is 12.1 Å². The maximum atomic E-state index is 16.5. The highest BCUT2D eigenvalue weighted by Gasteiger charge is 2.45. The van der Waals surface area contributed by atoms with Crippen LogP contribution in [-0.4, -0.2) is 71.4 Å². The second-order valence-corrected chi connectivity index (χ2v) is 11.3. The van der Waals surface area contributed by atoms with Crippen molar-refractivity contribution in [2.45, 2.75) is 31.2 Å². The van der Waals surface area contributed by atoms with Crippen molar-refractivity contribution in [2.24, 2.45) is 0 Å². The summed E-state index contributed by atoms with van der Waals surface area (Å²) in [5.41, 5.74) is 0.707. The number of aromatic hydroxyl groups is 1. The molecule has 7 rings (SSSR count). The fourth-order valence-corrected chi connectivity index (χ4v) is 6.97. The van der Waals surface area contributed by atoms with Gasteiger partial charge in [0, 0.05) is 42.2 Å². The molecule has 3 saturated heterocycles. The maximum Gasteiger partial charge on any atom is 0.223 e. The Morgan fingerprint density at radius 2 is 1.82 bits per heavy atom. The third-order valence-electron chi connectivity index (χ3n) is 8.64. The van der Waals surface area contributed by atoms with Crippen molar-refractivity contribution in [1.82, 2.24) is 20.2 Å². The first kappa shape index (κ1) is 24.8. The van der Waals surface area contributed by atoms with Gasteiger partial charge in [-0.25, -0.2) is 14.4 Å². The highest BCUT2D eigenvalue weighted by atomic mass is 35.5. The van der Waals surface area contributed by atoms with E-state index in [1.807, 2.05) is 24.3 Å². The number of fused-ring (bicyclic) bond motifs is 3. The Labute approximate surface area is 231 Å². The van der Waals surface area contributed by atoms with Crippen LogP contribution in [0.2, 0.25) is 5.02 Å². The molecule has 5 heterocycles. The molecule has 0 atom stereocenters. The van der Waals surface area contributed by atoms with Crippen LogP contribution in [0.4, 0.5) is 10.2 Å². The van der Waals surface area contributed by atoms with Crippen LogP contribution in [0.3, 0.4) is 0 Å². The molecule has 202 valence electrons. The van der Waals surface area contributed by atoms with E-state index in [-0.39, 0.29) is 22.5 Å². The zero-order valence-electron chi connectivity index (χ0n) is 21.7. The first-order valence-corrected chi connectivity index (χ1v) is 14.2. The lowest BCUT2D eigenvalue weighted by Crippen LogP contribution is -2.44. The molecule has 2 N–H and O–H groups in total. The molecule has 39 heavy (non-hydrogen) atoms. The Morgan fingerprint density at radius 1 is 1.03 bits per heavy atom. The number of hydrogen-bond acceptors (Lipinski definition) is 7. The number of phenols is 1. The van der Waals surface area contributed by atoms with Gasteiger partial charge in [0.1, 0.15) is 29.4 Å². The monoisotopic (exact) mass is 547 g/mol. The molecule has 2 aromatic carbocycles. The third kappa shape index (κ3) is 4.26. The predicted octanol–water partition coefficient (Wildman–Crippen LogP) is 5.36. The van der Waals surface area contributed by atoms with Crippen molar-refractivity contribution < 1.29 is 14.2 Å². The number of hydrogen-bond donors (Lipinski definition) is 2. The van der Waals surface area contributed by atoms with Crippen LogP contribution in [0.5, 0.6) is 11.6 Å². The van der Waals surface area contributed by atoms with Crippen molar-refractivity contribution in [3.8, 4) is 22.9 Å². The van der Waals surface area contributed by atoms with E-state index in [0.29, 0.717) is 39.2 Å². The molecule has 4 aromatic rings. The smallest absolute Gasteiger partial charge is 0.223 e. The number of phenolic OH excluding ortho intramolecular Hbond substituents is 1. The van der Waals surface area contributed by atoms with Gasteiger partial charge >= 0.3 is 0 Å². The summed E-state index contributed by atoms with van der Waals surface area (Å²) in [5, 5.41) is 16.2. The van der Waals surface area contributed by atoms with Crippen LogP contribution in [0.15, 0.2) is 42.5 Å². The fourth-order valence-electron chi connectivity index (χ4n) is 6.69. The topological polar surface area (TPSA) is 73.8 Å². The van der Waals surface area contributed by atoms with E-state index in [1.165, 1.54) is 6.07 Å². The number of nitrogens with zero attached hydrogens (tertiary/aromatic N) is 4. The van der Waals surface area contributed by atoms with Crippen molar-refractivity contribution in [3.63, 3.8) is 0 Å². The molecule has 9 heteroatoms. The summed E-state index contributed by atoms with van der Waals surface area (Å²) in [5.74, 6) is 0.541. The van der Waals surface area contributed by atoms with Gasteiger partial charge in [-0.15, -0.1) is 0 Å². The summed E-state index contributed by atoms with van der Waals surface area (Å²) in [6, 6.07) is 12.4. The first-order valence-electron chi connectivity index (χ1n) is 13.8. The van der Waals surface area contributed by atoms with Gasteiger partial charge in [-0.05, 0) is 74.5 Å². The number of pyridine rings is 2. The van der Waals surface area contributed by atoms with Gasteiger partial charge in [0.15, 0.2) is 5.82 Å². The van der Waals surface area contributed by atoms with Gasteiger partial charge in [-0.2, -0.15) is 0 Å². The van der Waals surface area contributed by atoms with E-state index in [9.17, 15) is 5.11 Å². The lowest BCUT2D eigenvalue weighted by Gasteiger charge is -2.32. The molecule has 0 amide bonds. The first-order chi connectivity index (χ1) is 19.0. The average Bonchev–Trinajstić information content (AvgIpc) is 3.53. The van der Waals surface area contributed by atoms with Crippen LogP contribution in [0, 0.1) is 5.82 Å². The van der Waals surface area contributed by atoms with E-state index in [0.717, 1.165) is 70.8 Å². The number of nitrogens with one attached hydrogen (secondary N) is 1. The SMILES string of the molecule is Oc1cc(-c2nc(OCC34CCCN3CCC4)c3ccc(N4CCNCC4)nc3c2F)c2c(Cl)cccc2c1. The number of rotatable bonds is 5. The standard InChI is InChI=1S/C30H31ClFN5O2/c31-23-5-1-4-19-16-20(38)17-22(25(19)23)28-26(32)27-21(6-7-24(34-27)36-14-10-33-11-15-36)29(35-28)39-18-30-8-2-12-37(30)13-3-9-30/h1,4-7,16-17,33,38H,2-3,8-15,18H2. The molecule has 3 aliphatic heterocycles. The summed E-state index contributed by atoms with van der Waals surface area (Å²) in [6.07, 6.45) is 4.51. The van der Waals surface area contributed by atoms with Crippen LogP contribution in [0.25, 0.3) is 32.9 Å². The normalized spacial score (nSPS) is 19.2. The Hall–Kier alpha value is -3.20. The molecular formula is C30H31ClFN5O2. The fraction of sp³-hybridized carbons (Fsp3) is 0.400. The molecule has 0 bridgehead atoms. The molecule has 0 spiro atoms. The molecule has 0 aliphatic carbocycles. The van der Waals surface area contributed by atoms with Gasteiger partial charge in [-0.3, -0.25) is 4.90 Å². The zero-order chi connectivity index (χ0) is 26.6. The minimum absolute atomic E-state index is 0.0116. The van der Waals surface area contributed by atoms with Gasteiger partial charge < -0.3 is 20.1 Å². The lowest BCUT2D eigenvalue weighted by atomic mass is 9.95. The highest BCUT2D eigenvalue weighted by molar-refractivity contribution is 6.36. The number of halogens is 2. The molecular weight excluding hydrogens is 517 g/mol. The summed E-state index contributed by atoms with van der Waals surface area (Å²) in [4.78, 5) is 14.3. The molecule has 7 nitrogen and oxygen atoms in total. The van der Waals surface area contributed by atoms with E-state index >= 15 is 4.39 Å². The molecule has 0 radical (unpaired) electrons. The van der Waals surface area contributed by atoms with Crippen molar-refractivity contribution in [2.75, 3.05) is 50.8 Å². The van der Waals surface area contributed by atoms with Gasteiger partial charge in [0.2, 0.25) is 5.88 Å². The van der Waals surface area contributed by atoms with Crippen LogP contribution < -0.4 is 15.0 Å². The third-order valence-corrected chi connectivity index (χ3v) is 8.95. The Kier molecular flexibility index (Phi) is 6.21. The minimum Gasteiger partial charge on any atom is -0.508 e. The second kappa shape index (κ2) is 9.77. The van der Waals surface area contributed by atoms with Crippen LogP contribution >= 0.6 is 11.6 Å². The maximum absolute atomic E-state index is 16.5. The molecule has 0 unspecified atom stereocenters. The Bertz CT molecular complexity index is 1560. The van der Waals surface area contributed by atoms with Gasteiger partial charge in [0.05, 0.1) is 10.9 Å². The quantitative estimate of drug-likeness (QED) is 0.348. The van der Waals surface area contributed by atoms with E-state index in [4.69, 9.17) is 26.3 Å². The van der Waals surface area contributed by atoms with E-state index in [2.05, 4.69) is 15.1 Å². The van der Waals surface area contributed by atoms with E-state index < -0.39 is 5.82 Å². The molecule has 3 fully saturated rings. The van der Waals surface area contributed by atoms with Gasteiger partial charge in [0.25, 0.3) is 0 Å². The van der Waals surface area contributed by atoms with Crippen LogP contribution in [-0.2, 0) is 0 Å². The summed E-state index contributed by atoms with van der Waals surface area (Å²) >= 11 is 6.61. The van der Waals surface area contributed by atoms with Crippen molar-refractivity contribution >= 4 is 39.1 Å². The summed E-state index contributed by atoms with van der Waals surface area (Å²) in [6.45, 7) is 5.99. The van der Waals surface area contributed by atoms with Gasteiger partial charge in [-0.1, -0.05) is 23.7 Å². The highest BCUT2D eigenvalue weighted by Crippen LogP contribution is 2.42. The van der Waals surface area contributed by atoms with Crippen LogP contribution in [0.1, 0.15) is 25.7 Å². The summed E-state index contributed by atoms with van der Waals surface area (Å²) < 4.78 is 23.0. The second-order valence-electron chi connectivity index (χ2n) is 10.9. The predicted molar refractivity (Wildman–Crippen MR) is 152 cm³/mol. The molecule has 3 aliphatic rings. The lowest BCUT2D eigenvalue weighted by molar-refractivity contribution is 0.112. The molecule has 0 saturated carbocycles. The number of ether oxygens (including phenoxy) is 1.